The third-order valence-corrected chi connectivity index (χ3v) is 3.73. The zero-order valence-corrected chi connectivity index (χ0v) is 12.2. The predicted molar refractivity (Wildman–Crippen MR) is 82.5 cm³/mol. The number of rotatable bonds is 5. The molecule has 0 fully saturated rings. The summed E-state index contributed by atoms with van der Waals surface area (Å²) in [5.74, 6) is 1.03. The molecule has 0 saturated heterocycles. The van der Waals surface area contributed by atoms with E-state index in [-0.39, 0.29) is 5.91 Å². The second-order valence-corrected chi connectivity index (χ2v) is 5.40. The van der Waals surface area contributed by atoms with Crippen LogP contribution in [0.5, 0.6) is 5.75 Å². The minimum Gasteiger partial charge on any atom is -0.494 e. The zero-order chi connectivity index (χ0) is 14.7. The monoisotopic (exact) mass is 281 g/mol. The van der Waals surface area contributed by atoms with Crippen LogP contribution >= 0.6 is 0 Å². The van der Waals surface area contributed by atoms with Crippen molar-refractivity contribution in [1.29, 1.82) is 0 Å². The number of benzene rings is 2. The van der Waals surface area contributed by atoms with E-state index in [0.29, 0.717) is 6.61 Å². The molecule has 0 aliphatic carbocycles. The Morgan fingerprint density at radius 2 is 2.00 bits per heavy atom. The van der Waals surface area contributed by atoms with Crippen LogP contribution in [0.15, 0.2) is 48.5 Å². The van der Waals surface area contributed by atoms with Crippen molar-refractivity contribution in [2.45, 2.75) is 19.9 Å². The highest BCUT2D eigenvalue weighted by Gasteiger charge is 2.25. The van der Waals surface area contributed by atoms with Crippen molar-refractivity contribution in [2.24, 2.45) is 0 Å². The van der Waals surface area contributed by atoms with Crippen LogP contribution in [0.4, 0.5) is 0 Å². The Morgan fingerprint density at radius 1 is 1.14 bits per heavy atom. The van der Waals surface area contributed by atoms with Crippen molar-refractivity contribution >= 4 is 5.91 Å². The summed E-state index contributed by atoms with van der Waals surface area (Å²) in [5.41, 5.74) is 3.16. The molecular weight excluding hydrogens is 262 g/mol. The quantitative estimate of drug-likeness (QED) is 0.786. The van der Waals surface area contributed by atoms with Gasteiger partial charge in [-0.1, -0.05) is 30.3 Å². The Kier molecular flexibility index (Phi) is 3.91. The Labute approximate surface area is 125 Å². The van der Waals surface area contributed by atoms with Gasteiger partial charge >= 0.3 is 0 Å². The van der Waals surface area contributed by atoms with E-state index in [2.05, 4.69) is 0 Å². The number of carbonyl (C=O) groups is 1. The van der Waals surface area contributed by atoms with Gasteiger partial charge in [0.05, 0.1) is 6.61 Å². The highest BCUT2D eigenvalue weighted by molar-refractivity contribution is 5.98. The van der Waals surface area contributed by atoms with E-state index in [1.807, 2.05) is 60.4 Å². The third kappa shape index (κ3) is 3.07. The largest absolute Gasteiger partial charge is 0.494 e. The Balaban J connectivity index is 1.48. The first-order valence-corrected chi connectivity index (χ1v) is 7.31. The fraction of sp³-hybridized carbons (Fsp3) is 0.278. The minimum atomic E-state index is 0.140. The molecule has 0 bridgehead atoms. The fourth-order valence-electron chi connectivity index (χ4n) is 2.65. The average Bonchev–Trinajstić information content (AvgIpc) is 2.81. The second kappa shape index (κ2) is 6.00. The van der Waals surface area contributed by atoms with Crippen LogP contribution in [0.2, 0.25) is 0 Å². The van der Waals surface area contributed by atoms with Crippen molar-refractivity contribution in [3.05, 3.63) is 65.2 Å². The molecule has 0 N–H and O–H groups in total. The van der Waals surface area contributed by atoms with Crippen molar-refractivity contribution in [3.63, 3.8) is 0 Å². The van der Waals surface area contributed by atoms with E-state index in [1.165, 1.54) is 5.56 Å². The Bertz CT molecular complexity index is 651. The molecule has 0 atom stereocenters. The molecule has 1 aliphatic rings. The molecule has 3 heteroatoms. The molecular formula is C18H19NO2. The Hall–Kier alpha value is -2.29. The lowest BCUT2D eigenvalue weighted by atomic mass is 10.1. The van der Waals surface area contributed by atoms with Gasteiger partial charge in [0.2, 0.25) is 0 Å². The SMILES string of the molecule is Cc1cccc(OCCCN2Cc3ccccc3C2=O)c1. The lowest BCUT2D eigenvalue weighted by Crippen LogP contribution is -2.26. The molecule has 108 valence electrons. The molecule has 0 aromatic heterocycles. The fourth-order valence-corrected chi connectivity index (χ4v) is 2.65. The minimum absolute atomic E-state index is 0.140. The number of hydrogen-bond acceptors (Lipinski definition) is 2. The number of aryl methyl sites for hydroxylation is 1. The second-order valence-electron chi connectivity index (χ2n) is 5.40. The van der Waals surface area contributed by atoms with Gasteiger partial charge in [0.15, 0.2) is 0 Å². The van der Waals surface area contributed by atoms with Gasteiger partial charge in [0, 0.05) is 18.7 Å². The lowest BCUT2D eigenvalue weighted by molar-refractivity contribution is 0.0770. The standard InChI is InChI=1S/C18H19NO2/c1-14-6-4-8-16(12-14)21-11-5-10-19-13-15-7-2-3-9-17(15)18(19)20/h2-4,6-9,12H,5,10-11,13H2,1H3. The Morgan fingerprint density at radius 3 is 2.81 bits per heavy atom. The first-order chi connectivity index (χ1) is 10.2. The van der Waals surface area contributed by atoms with Gasteiger partial charge in [0.1, 0.15) is 5.75 Å². The van der Waals surface area contributed by atoms with E-state index in [1.54, 1.807) is 0 Å². The smallest absolute Gasteiger partial charge is 0.254 e. The number of carbonyl (C=O) groups excluding carboxylic acids is 1. The van der Waals surface area contributed by atoms with Gasteiger partial charge in [-0.05, 0) is 42.7 Å². The molecule has 2 aromatic carbocycles. The number of nitrogens with zero attached hydrogens (tertiary/aromatic N) is 1. The number of ether oxygens (including phenoxy) is 1. The number of fused-ring (bicyclic) bond motifs is 1. The van der Waals surface area contributed by atoms with Crippen molar-refractivity contribution in [2.75, 3.05) is 13.2 Å². The zero-order valence-electron chi connectivity index (χ0n) is 12.2. The summed E-state index contributed by atoms with van der Waals surface area (Å²) in [7, 11) is 0. The summed E-state index contributed by atoms with van der Waals surface area (Å²) in [6, 6.07) is 15.9. The van der Waals surface area contributed by atoms with Crippen LogP contribution in [0.25, 0.3) is 0 Å². The summed E-state index contributed by atoms with van der Waals surface area (Å²) < 4.78 is 5.72. The molecule has 2 aromatic rings. The summed E-state index contributed by atoms with van der Waals surface area (Å²) >= 11 is 0. The van der Waals surface area contributed by atoms with E-state index in [4.69, 9.17) is 4.74 Å². The molecule has 3 nitrogen and oxygen atoms in total. The maximum absolute atomic E-state index is 12.2. The first-order valence-electron chi connectivity index (χ1n) is 7.31. The van der Waals surface area contributed by atoms with Crippen molar-refractivity contribution in [1.82, 2.24) is 4.90 Å². The van der Waals surface area contributed by atoms with Crippen LogP contribution in [0.3, 0.4) is 0 Å². The molecule has 1 amide bonds. The maximum Gasteiger partial charge on any atom is 0.254 e. The van der Waals surface area contributed by atoms with Gasteiger partial charge in [-0.3, -0.25) is 4.79 Å². The third-order valence-electron chi connectivity index (χ3n) is 3.73. The normalized spacial score (nSPS) is 13.4. The summed E-state index contributed by atoms with van der Waals surface area (Å²) in [5, 5.41) is 0. The molecule has 0 spiro atoms. The molecule has 0 unspecified atom stereocenters. The van der Waals surface area contributed by atoms with Crippen LogP contribution in [0.1, 0.15) is 27.9 Å². The lowest BCUT2D eigenvalue weighted by Gasteiger charge is -2.15. The van der Waals surface area contributed by atoms with Gasteiger partial charge < -0.3 is 9.64 Å². The summed E-state index contributed by atoms with van der Waals surface area (Å²) in [4.78, 5) is 14.1. The van der Waals surface area contributed by atoms with E-state index in [0.717, 1.165) is 36.4 Å². The van der Waals surface area contributed by atoms with Crippen LogP contribution < -0.4 is 4.74 Å². The first kappa shape index (κ1) is 13.7. The van der Waals surface area contributed by atoms with E-state index in [9.17, 15) is 4.79 Å². The average molecular weight is 281 g/mol. The van der Waals surface area contributed by atoms with E-state index < -0.39 is 0 Å². The molecule has 1 aliphatic heterocycles. The van der Waals surface area contributed by atoms with E-state index >= 15 is 0 Å². The highest BCUT2D eigenvalue weighted by atomic mass is 16.5. The topological polar surface area (TPSA) is 29.5 Å². The van der Waals surface area contributed by atoms with Gasteiger partial charge in [0.25, 0.3) is 5.91 Å². The van der Waals surface area contributed by atoms with Crippen LogP contribution in [-0.2, 0) is 6.54 Å². The van der Waals surface area contributed by atoms with Crippen LogP contribution in [-0.4, -0.2) is 24.0 Å². The van der Waals surface area contributed by atoms with Crippen molar-refractivity contribution < 1.29 is 9.53 Å². The number of amides is 1. The molecule has 1 heterocycles. The molecule has 0 saturated carbocycles. The summed E-state index contributed by atoms with van der Waals surface area (Å²) in [6.07, 6.45) is 0.841. The predicted octanol–water partition coefficient (Wildman–Crippen LogP) is 3.42. The maximum atomic E-state index is 12.2. The van der Waals surface area contributed by atoms with Gasteiger partial charge in [-0.15, -0.1) is 0 Å². The van der Waals surface area contributed by atoms with Crippen molar-refractivity contribution in [3.8, 4) is 5.75 Å². The molecule has 0 radical (unpaired) electrons. The molecule has 3 rings (SSSR count). The summed E-state index contributed by atoms with van der Waals surface area (Å²) in [6.45, 7) is 4.13. The highest BCUT2D eigenvalue weighted by Crippen LogP contribution is 2.22. The van der Waals surface area contributed by atoms with Gasteiger partial charge in [-0.25, -0.2) is 0 Å². The van der Waals surface area contributed by atoms with Gasteiger partial charge in [-0.2, -0.15) is 0 Å². The number of hydrogen-bond donors (Lipinski definition) is 0. The van der Waals surface area contributed by atoms with Crippen LogP contribution in [0, 0.1) is 6.92 Å². The molecule has 21 heavy (non-hydrogen) atoms.